The molecule has 4 nitrogen and oxygen atoms in total. The van der Waals surface area contributed by atoms with Crippen molar-refractivity contribution in [2.75, 3.05) is 19.7 Å². The Labute approximate surface area is 74.2 Å². The molecule has 0 atom stereocenters. The van der Waals surface area contributed by atoms with E-state index in [-0.39, 0.29) is 13.2 Å². The second kappa shape index (κ2) is 4.79. The van der Waals surface area contributed by atoms with Gasteiger partial charge in [0, 0.05) is 13.1 Å². The Balaban J connectivity index is 4.49. The van der Waals surface area contributed by atoms with Crippen LogP contribution in [0.1, 0.15) is 20.8 Å². The molecular formula is C7H17NO3S. The van der Waals surface area contributed by atoms with Crippen LogP contribution in [0.2, 0.25) is 0 Å². The van der Waals surface area contributed by atoms with Gasteiger partial charge < -0.3 is 5.11 Å². The summed E-state index contributed by atoms with van der Waals surface area (Å²) in [7, 11) is -3.18. The summed E-state index contributed by atoms with van der Waals surface area (Å²) in [5.74, 6) is 0. The van der Waals surface area contributed by atoms with Gasteiger partial charge in [0.1, 0.15) is 0 Å². The largest absolute Gasteiger partial charge is 0.395 e. The lowest BCUT2D eigenvalue weighted by atomic mass is 10.6. The van der Waals surface area contributed by atoms with Crippen molar-refractivity contribution in [3.8, 4) is 0 Å². The van der Waals surface area contributed by atoms with Crippen molar-refractivity contribution in [2.24, 2.45) is 0 Å². The standard InChI is InChI=1S/C7H17NO3S/c1-4-8(5-6-9)12(10,11)7(2)3/h7,9H,4-6H2,1-3H3. The van der Waals surface area contributed by atoms with E-state index in [4.69, 9.17) is 5.11 Å². The molecule has 0 aliphatic rings. The lowest BCUT2D eigenvalue weighted by Crippen LogP contribution is -2.38. The van der Waals surface area contributed by atoms with Crippen LogP contribution in [0.5, 0.6) is 0 Å². The molecule has 0 rings (SSSR count). The summed E-state index contributed by atoms with van der Waals surface area (Å²) in [6, 6.07) is 0. The Morgan fingerprint density at radius 3 is 2.17 bits per heavy atom. The van der Waals surface area contributed by atoms with Crippen molar-refractivity contribution in [2.45, 2.75) is 26.0 Å². The number of likely N-dealkylation sites (N-methyl/N-ethyl adjacent to an activating group) is 1. The summed E-state index contributed by atoms with van der Waals surface area (Å²) in [6.07, 6.45) is 0. The Morgan fingerprint density at radius 1 is 1.42 bits per heavy atom. The highest BCUT2D eigenvalue weighted by Crippen LogP contribution is 2.06. The first kappa shape index (κ1) is 11.9. The minimum atomic E-state index is -3.18. The van der Waals surface area contributed by atoms with E-state index < -0.39 is 15.3 Å². The summed E-state index contributed by atoms with van der Waals surface area (Å²) in [5.41, 5.74) is 0. The molecule has 0 aliphatic heterocycles. The Morgan fingerprint density at radius 2 is 1.92 bits per heavy atom. The Hall–Kier alpha value is -0.130. The summed E-state index contributed by atoms with van der Waals surface area (Å²) in [6.45, 7) is 5.51. The predicted molar refractivity (Wildman–Crippen MR) is 48.4 cm³/mol. The number of sulfonamides is 1. The van der Waals surface area contributed by atoms with Gasteiger partial charge in [-0.1, -0.05) is 6.92 Å². The van der Waals surface area contributed by atoms with E-state index in [1.807, 2.05) is 0 Å². The number of aliphatic hydroxyl groups excluding tert-OH is 1. The van der Waals surface area contributed by atoms with Gasteiger partial charge in [0.15, 0.2) is 0 Å². The molecule has 0 saturated heterocycles. The maximum absolute atomic E-state index is 11.5. The minimum Gasteiger partial charge on any atom is -0.395 e. The van der Waals surface area contributed by atoms with E-state index in [1.54, 1.807) is 20.8 Å². The molecule has 0 aromatic carbocycles. The third kappa shape index (κ3) is 2.73. The molecule has 0 unspecified atom stereocenters. The number of hydrogen-bond donors (Lipinski definition) is 1. The highest BCUT2D eigenvalue weighted by Gasteiger charge is 2.23. The van der Waals surface area contributed by atoms with E-state index in [0.29, 0.717) is 6.54 Å². The molecule has 0 aliphatic carbocycles. The van der Waals surface area contributed by atoms with E-state index in [9.17, 15) is 8.42 Å². The zero-order valence-electron chi connectivity index (χ0n) is 7.82. The average molecular weight is 195 g/mol. The maximum Gasteiger partial charge on any atom is 0.216 e. The summed E-state index contributed by atoms with van der Waals surface area (Å²) < 4.78 is 24.2. The molecule has 1 N–H and O–H groups in total. The molecule has 0 amide bonds. The lowest BCUT2D eigenvalue weighted by Gasteiger charge is -2.21. The second-order valence-electron chi connectivity index (χ2n) is 2.81. The number of hydrogen-bond acceptors (Lipinski definition) is 3. The number of aliphatic hydroxyl groups is 1. The van der Waals surface area contributed by atoms with Crippen LogP contribution < -0.4 is 0 Å². The second-order valence-corrected chi connectivity index (χ2v) is 5.30. The molecular weight excluding hydrogens is 178 g/mol. The maximum atomic E-state index is 11.5. The van der Waals surface area contributed by atoms with Crippen LogP contribution >= 0.6 is 0 Å². The van der Waals surface area contributed by atoms with Gasteiger partial charge in [-0.05, 0) is 13.8 Å². The summed E-state index contributed by atoms with van der Waals surface area (Å²) in [5, 5.41) is 8.19. The monoisotopic (exact) mass is 195 g/mol. The number of nitrogens with zero attached hydrogens (tertiary/aromatic N) is 1. The van der Waals surface area contributed by atoms with Gasteiger partial charge in [-0.25, -0.2) is 8.42 Å². The van der Waals surface area contributed by atoms with E-state index in [2.05, 4.69) is 0 Å². The van der Waals surface area contributed by atoms with Crippen LogP contribution in [0.4, 0.5) is 0 Å². The van der Waals surface area contributed by atoms with Crippen molar-refractivity contribution in [1.82, 2.24) is 4.31 Å². The fourth-order valence-electron chi connectivity index (χ4n) is 0.875. The zero-order valence-corrected chi connectivity index (χ0v) is 8.63. The normalized spacial score (nSPS) is 12.8. The first-order valence-electron chi connectivity index (χ1n) is 4.06. The fraction of sp³-hybridized carbons (Fsp3) is 1.00. The van der Waals surface area contributed by atoms with Gasteiger partial charge in [0.05, 0.1) is 11.9 Å². The molecule has 0 saturated carbocycles. The molecule has 12 heavy (non-hydrogen) atoms. The summed E-state index contributed by atoms with van der Waals surface area (Å²) >= 11 is 0. The minimum absolute atomic E-state index is 0.125. The third-order valence-electron chi connectivity index (χ3n) is 1.66. The molecule has 0 bridgehead atoms. The van der Waals surface area contributed by atoms with Crippen molar-refractivity contribution in [3.63, 3.8) is 0 Å². The molecule has 0 radical (unpaired) electrons. The van der Waals surface area contributed by atoms with Gasteiger partial charge in [-0.2, -0.15) is 4.31 Å². The van der Waals surface area contributed by atoms with Gasteiger partial charge in [0.25, 0.3) is 0 Å². The topological polar surface area (TPSA) is 57.6 Å². The predicted octanol–water partition coefficient (Wildman–Crippen LogP) is 0.0388. The number of rotatable bonds is 5. The van der Waals surface area contributed by atoms with Crippen LogP contribution in [0.15, 0.2) is 0 Å². The van der Waals surface area contributed by atoms with E-state index in [0.717, 1.165) is 0 Å². The van der Waals surface area contributed by atoms with Gasteiger partial charge in [0.2, 0.25) is 10.0 Å². The van der Waals surface area contributed by atoms with Crippen LogP contribution in [-0.2, 0) is 10.0 Å². The molecule has 0 aromatic rings. The zero-order chi connectivity index (χ0) is 9.78. The van der Waals surface area contributed by atoms with Crippen LogP contribution in [0.3, 0.4) is 0 Å². The van der Waals surface area contributed by atoms with E-state index in [1.165, 1.54) is 4.31 Å². The molecule has 0 fully saturated rings. The van der Waals surface area contributed by atoms with Crippen molar-refractivity contribution >= 4 is 10.0 Å². The third-order valence-corrected chi connectivity index (χ3v) is 4.01. The van der Waals surface area contributed by atoms with Gasteiger partial charge in [-0.15, -0.1) is 0 Å². The smallest absolute Gasteiger partial charge is 0.216 e. The highest BCUT2D eigenvalue weighted by atomic mass is 32.2. The van der Waals surface area contributed by atoms with Crippen molar-refractivity contribution in [3.05, 3.63) is 0 Å². The first-order valence-corrected chi connectivity index (χ1v) is 5.57. The molecule has 0 aromatic heterocycles. The lowest BCUT2D eigenvalue weighted by molar-refractivity contribution is 0.256. The Bertz CT molecular complexity index is 211. The average Bonchev–Trinajstić information content (AvgIpc) is 1.99. The quantitative estimate of drug-likeness (QED) is 0.674. The molecule has 0 heterocycles. The van der Waals surface area contributed by atoms with Gasteiger partial charge in [-0.3, -0.25) is 0 Å². The molecule has 74 valence electrons. The highest BCUT2D eigenvalue weighted by molar-refractivity contribution is 7.89. The molecule has 0 spiro atoms. The first-order chi connectivity index (χ1) is 5.46. The Kier molecular flexibility index (Phi) is 4.74. The SMILES string of the molecule is CCN(CCO)S(=O)(=O)C(C)C. The van der Waals surface area contributed by atoms with Crippen LogP contribution in [0.25, 0.3) is 0 Å². The van der Waals surface area contributed by atoms with Crippen molar-refractivity contribution in [1.29, 1.82) is 0 Å². The van der Waals surface area contributed by atoms with Gasteiger partial charge >= 0.3 is 0 Å². The molecule has 5 heteroatoms. The van der Waals surface area contributed by atoms with E-state index >= 15 is 0 Å². The van der Waals surface area contributed by atoms with Crippen molar-refractivity contribution < 1.29 is 13.5 Å². The summed E-state index contributed by atoms with van der Waals surface area (Å²) in [4.78, 5) is 0. The fourth-order valence-corrected chi connectivity index (χ4v) is 2.17. The van der Waals surface area contributed by atoms with Crippen LogP contribution in [0, 0.1) is 0 Å². The van der Waals surface area contributed by atoms with Crippen LogP contribution in [-0.4, -0.2) is 42.8 Å².